The molecule has 3 nitrogen and oxygen atoms in total. The van der Waals surface area contributed by atoms with Crippen LogP contribution < -0.4 is 5.32 Å². The minimum absolute atomic E-state index is 0.153. The van der Waals surface area contributed by atoms with Gasteiger partial charge in [-0.1, -0.05) is 46.5 Å². The molecule has 3 N–H and O–H groups in total. The maximum absolute atomic E-state index is 10.5. The maximum atomic E-state index is 10.5. The van der Waals surface area contributed by atoms with E-state index in [1.165, 1.54) is 12.8 Å². The molecule has 0 spiro atoms. The summed E-state index contributed by atoms with van der Waals surface area (Å²) in [5.74, 6) is 0. The molecule has 108 valence electrons. The summed E-state index contributed by atoms with van der Waals surface area (Å²) in [6.45, 7) is 7.60. The van der Waals surface area contributed by atoms with Crippen molar-refractivity contribution in [3.63, 3.8) is 0 Å². The lowest BCUT2D eigenvalue weighted by molar-refractivity contribution is 0.0210. The molecule has 0 aromatic rings. The third kappa shape index (κ3) is 6.72. The molecular weight excluding hydrogens is 226 g/mol. The van der Waals surface area contributed by atoms with Crippen LogP contribution in [0.15, 0.2) is 0 Å². The average molecular weight is 257 g/mol. The second kappa shape index (κ2) is 6.88. The van der Waals surface area contributed by atoms with Crippen molar-refractivity contribution in [1.82, 2.24) is 5.32 Å². The van der Waals surface area contributed by atoms with Crippen molar-refractivity contribution in [2.75, 3.05) is 13.1 Å². The second-order valence-electron chi connectivity index (χ2n) is 7.19. The van der Waals surface area contributed by atoms with Gasteiger partial charge in [0.15, 0.2) is 0 Å². The average Bonchev–Trinajstić information content (AvgIpc) is 2.40. The molecule has 0 heterocycles. The fourth-order valence-corrected chi connectivity index (χ4v) is 2.81. The molecule has 1 aliphatic rings. The largest absolute Gasteiger partial charge is 0.392 e. The van der Waals surface area contributed by atoms with Gasteiger partial charge in [-0.2, -0.15) is 0 Å². The summed E-state index contributed by atoms with van der Waals surface area (Å²) in [5, 5.41) is 23.6. The first kappa shape index (κ1) is 15.9. The van der Waals surface area contributed by atoms with E-state index >= 15 is 0 Å². The first-order valence-corrected chi connectivity index (χ1v) is 7.42. The van der Waals surface area contributed by atoms with Gasteiger partial charge in [0.25, 0.3) is 0 Å². The SMILES string of the molecule is CC(C)(C)CC(O)CNCC1(O)CCCCCC1. The Bertz CT molecular complexity index is 227. The van der Waals surface area contributed by atoms with Gasteiger partial charge in [0.1, 0.15) is 0 Å². The third-order valence-electron chi connectivity index (χ3n) is 3.72. The van der Waals surface area contributed by atoms with Gasteiger partial charge in [0.05, 0.1) is 11.7 Å². The Kier molecular flexibility index (Phi) is 6.09. The first-order chi connectivity index (χ1) is 8.31. The topological polar surface area (TPSA) is 52.5 Å². The number of aliphatic hydroxyl groups is 2. The summed E-state index contributed by atoms with van der Waals surface area (Å²) in [5.41, 5.74) is -0.391. The molecule has 18 heavy (non-hydrogen) atoms. The lowest BCUT2D eigenvalue weighted by atomic mass is 9.89. The van der Waals surface area contributed by atoms with Gasteiger partial charge >= 0.3 is 0 Å². The fraction of sp³-hybridized carbons (Fsp3) is 1.00. The molecule has 1 fully saturated rings. The highest BCUT2D eigenvalue weighted by Crippen LogP contribution is 2.26. The van der Waals surface area contributed by atoms with Gasteiger partial charge in [-0.3, -0.25) is 0 Å². The molecule has 0 aliphatic heterocycles. The van der Waals surface area contributed by atoms with Crippen LogP contribution in [0, 0.1) is 5.41 Å². The van der Waals surface area contributed by atoms with E-state index in [0.29, 0.717) is 13.1 Å². The predicted octanol–water partition coefficient (Wildman–Crippen LogP) is 2.46. The smallest absolute Gasteiger partial charge is 0.0771 e. The summed E-state index contributed by atoms with van der Waals surface area (Å²) in [6, 6.07) is 0. The van der Waals surface area contributed by atoms with Crippen molar-refractivity contribution < 1.29 is 10.2 Å². The standard InChI is InChI=1S/C15H31NO2/c1-14(2,3)10-13(17)11-16-12-15(18)8-6-4-5-7-9-15/h13,16-18H,4-12H2,1-3H3. The monoisotopic (exact) mass is 257 g/mol. The van der Waals surface area contributed by atoms with E-state index < -0.39 is 5.60 Å². The van der Waals surface area contributed by atoms with E-state index in [0.717, 1.165) is 32.1 Å². The number of hydrogen-bond acceptors (Lipinski definition) is 3. The molecule has 0 bridgehead atoms. The zero-order valence-corrected chi connectivity index (χ0v) is 12.3. The van der Waals surface area contributed by atoms with Gasteiger partial charge in [-0.05, 0) is 24.7 Å². The third-order valence-corrected chi connectivity index (χ3v) is 3.72. The van der Waals surface area contributed by atoms with Crippen molar-refractivity contribution in [3.8, 4) is 0 Å². The van der Waals surface area contributed by atoms with Crippen LogP contribution in [0.1, 0.15) is 65.7 Å². The molecule has 3 heteroatoms. The van der Waals surface area contributed by atoms with Gasteiger partial charge in [-0.15, -0.1) is 0 Å². The van der Waals surface area contributed by atoms with Crippen LogP contribution >= 0.6 is 0 Å². The van der Waals surface area contributed by atoms with Crippen LogP contribution in [0.5, 0.6) is 0 Å². The van der Waals surface area contributed by atoms with Crippen LogP contribution in [-0.4, -0.2) is 35.0 Å². The Labute approximate surface area is 112 Å². The first-order valence-electron chi connectivity index (χ1n) is 7.42. The molecule has 0 amide bonds. The van der Waals surface area contributed by atoms with Gasteiger partial charge < -0.3 is 15.5 Å². The molecule has 0 saturated heterocycles. The number of aliphatic hydroxyl groups excluding tert-OH is 1. The summed E-state index contributed by atoms with van der Waals surface area (Å²) < 4.78 is 0. The summed E-state index contributed by atoms with van der Waals surface area (Å²) >= 11 is 0. The molecule has 0 aromatic heterocycles. The molecule has 0 aromatic carbocycles. The van der Waals surface area contributed by atoms with E-state index in [-0.39, 0.29) is 11.5 Å². The van der Waals surface area contributed by atoms with Gasteiger partial charge in [-0.25, -0.2) is 0 Å². The van der Waals surface area contributed by atoms with Gasteiger partial charge in [0, 0.05) is 13.1 Å². The minimum atomic E-state index is -0.544. The molecule has 1 rings (SSSR count). The van der Waals surface area contributed by atoms with E-state index in [1.807, 2.05) is 0 Å². The van der Waals surface area contributed by atoms with Crippen molar-refractivity contribution in [2.24, 2.45) is 5.41 Å². The second-order valence-corrected chi connectivity index (χ2v) is 7.19. The number of nitrogens with one attached hydrogen (secondary N) is 1. The Morgan fingerprint density at radius 2 is 1.67 bits per heavy atom. The van der Waals surface area contributed by atoms with Crippen LogP contribution in [-0.2, 0) is 0 Å². The van der Waals surface area contributed by atoms with Crippen molar-refractivity contribution >= 4 is 0 Å². The minimum Gasteiger partial charge on any atom is -0.392 e. The normalized spacial score (nSPS) is 22.5. The van der Waals surface area contributed by atoms with E-state index in [4.69, 9.17) is 0 Å². The maximum Gasteiger partial charge on any atom is 0.0771 e. The van der Waals surface area contributed by atoms with E-state index in [9.17, 15) is 10.2 Å². The molecular formula is C15H31NO2. The van der Waals surface area contributed by atoms with E-state index in [2.05, 4.69) is 26.1 Å². The zero-order valence-electron chi connectivity index (χ0n) is 12.3. The summed E-state index contributed by atoms with van der Waals surface area (Å²) in [6.07, 6.45) is 7.01. The van der Waals surface area contributed by atoms with Crippen LogP contribution in [0.25, 0.3) is 0 Å². The molecule has 1 unspecified atom stereocenters. The Hall–Kier alpha value is -0.120. The lowest BCUT2D eigenvalue weighted by Gasteiger charge is -2.28. The molecule has 1 saturated carbocycles. The van der Waals surface area contributed by atoms with Crippen molar-refractivity contribution in [1.29, 1.82) is 0 Å². The molecule has 0 radical (unpaired) electrons. The summed E-state index contributed by atoms with van der Waals surface area (Å²) in [7, 11) is 0. The fourth-order valence-electron chi connectivity index (χ4n) is 2.81. The Morgan fingerprint density at radius 1 is 1.11 bits per heavy atom. The van der Waals surface area contributed by atoms with Gasteiger partial charge in [0.2, 0.25) is 0 Å². The van der Waals surface area contributed by atoms with Crippen molar-refractivity contribution in [3.05, 3.63) is 0 Å². The predicted molar refractivity (Wildman–Crippen MR) is 75.6 cm³/mol. The Morgan fingerprint density at radius 3 is 2.17 bits per heavy atom. The van der Waals surface area contributed by atoms with E-state index in [1.54, 1.807) is 0 Å². The van der Waals surface area contributed by atoms with Crippen LogP contribution in [0.3, 0.4) is 0 Å². The molecule has 1 atom stereocenters. The van der Waals surface area contributed by atoms with Crippen LogP contribution in [0.2, 0.25) is 0 Å². The number of rotatable bonds is 5. The van der Waals surface area contributed by atoms with Crippen LogP contribution in [0.4, 0.5) is 0 Å². The zero-order chi connectivity index (χ0) is 13.6. The highest BCUT2D eigenvalue weighted by atomic mass is 16.3. The number of hydrogen-bond donors (Lipinski definition) is 3. The van der Waals surface area contributed by atoms with Crippen molar-refractivity contribution in [2.45, 2.75) is 77.4 Å². The quantitative estimate of drug-likeness (QED) is 0.663. The lowest BCUT2D eigenvalue weighted by Crippen LogP contribution is -2.43. The highest BCUT2D eigenvalue weighted by Gasteiger charge is 2.27. The Balaban J connectivity index is 2.23. The summed E-state index contributed by atoms with van der Waals surface area (Å²) in [4.78, 5) is 0. The molecule has 1 aliphatic carbocycles. The highest BCUT2D eigenvalue weighted by molar-refractivity contribution is 4.83.